The molecule has 0 radical (unpaired) electrons. The van der Waals surface area contributed by atoms with Gasteiger partial charge in [0.1, 0.15) is 11.6 Å². The van der Waals surface area contributed by atoms with Gasteiger partial charge in [0.25, 0.3) is 0 Å². The van der Waals surface area contributed by atoms with Crippen LogP contribution in [0.25, 0.3) is 0 Å². The minimum atomic E-state index is -0.156. The third kappa shape index (κ3) is 3.45. The molecule has 1 aromatic rings. The molecule has 1 saturated heterocycles. The van der Waals surface area contributed by atoms with Crippen molar-refractivity contribution >= 4 is 0 Å². The number of nitrogens with zero attached hydrogens (tertiary/aromatic N) is 1. The quantitative estimate of drug-likeness (QED) is 0.886. The minimum absolute atomic E-state index is 0.156. The van der Waals surface area contributed by atoms with Crippen molar-refractivity contribution in [2.45, 2.75) is 25.8 Å². The molecule has 2 rings (SSSR count). The predicted octanol–water partition coefficient (Wildman–Crippen LogP) is 2.58. The number of piperazine rings is 1. The summed E-state index contributed by atoms with van der Waals surface area (Å²) in [4.78, 5) is 2.38. The maximum atomic E-state index is 14.2. The third-order valence-electron chi connectivity index (χ3n) is 3.72. The van der Waals surface area contributed by atoms with Crippen LogP contribution in [0, 0.1) is 5.82 Å². The van der Waals surface area contributed by atoms with Crippen molar-refractivity contribution in [3.05, 3.63) is 29.6 Å². The smallest absolute Gasteiger partial charge is 0.131 e. The predicted molar refractivity (Wildman–Crippen MR) is 75.0 cm³/mol. The highest BCUT2D eigenvalue weighted by atomic mass is 19.1. The Labute approximate surface area is 114 Å². The fourth-order valence-electron chi connectivity index (χ4n) is 2.71. The summed E-state index contributed by atoms with van der Waals surface area (Å²) < 4.78 is 19.3. The van der Waals surface area contributed by atoms with Gasteiger partial charge >= 0.3 is 0 Å². The number of rotatable bonds is 5. The first-order valence-corrected chi connectivity index (χ1v) is 7.04. The van der Waals surface area contributed by atoms with E-state index in [0.717, 1.165) is 44.6 Å². The largest absolute Gasteiger partial charge is 0.497 e. The molecule has 1 aliphatic heterocycles. The van der Waals surface area contributed by atoms with Gasteiger partial charge in [0.05, 0.1) is 7.11 Å². The molecule has 0 bridgehead atoms. The maximum absolute atomic E-state index is 14.2. The van der Waals surface area contributed by atoms with E-state index < -0.39 is 0 Å². The van der Waals surface area contributed by atoms with E-state index in [9.17, 15) is 4.39 Å². The molecule has 0 aliphatic carbocycles. The second-order valence-corrected chi connectivity index (χ2v) is 4.98. The van der Waals surface area contributed by atoms with Crippen LogP contribution in [0.2, 0.25) is 0 Å². The van der Waals surface area contributed by atoms with Gasteiger partial charge in [-0.05, 0) is 12.5 Å². The van der Waals surface area contributed by atoms with Crippen LogP contribution >= 0.6 is 0 Å². The molecule has 106 valence electrons. The molecule has 0 amide bonds. The van der Waals surface area contributed by atoms with Crippen LogP contribution < -0.4 is 10.1 Å². The van der Waals surface area contributed by atoms with Gasteiger partial charge in [0.2, 0.25) is 0 Å². The number of ether oxygens (including phenoxy) is 1. The van der Waals surface area contributed by atoms with Crippen LogP contribution in [0.3, 0.4) is 0 Å². The standard InChI is InChI=1S/C15H23FN2O/c1-3-4-15(18-9-7-17-8-10-18)13-6-5-12(19-2)11-14(13)16/h5-6,11,15,17H,3-4,7-10H2,1-2H3/t15-/m1/s1. The molecule has 1 fully saturated rings. The first kappa shape index (κ1) is 14.3. The van der Waals surface area contributed by atoms with Crippen molar-refractivity contribution in [3.8, 4) is 5.75 Å². The van der Waals surface area contributed by atoms with Gasteiger partial charge in [0.15, 0.2) is 0 Å². The van der Waals surface area contributed by atoms with Gasteiger partial charge in [-0.15, -0.1) is 0 Å². The van der Waals surface area contributed by atoms with Gasteiger partial charge in [-0.25, -0.2) is 4.39 Å². The SMILES string of the molecule is CCC[C@H](c1ccc(OC)cc1F)N1CCNCC1. The lowest BCUT2D eigenvalue weighted by Gasteiger charge is -2.35. The molecule has 19 heavy (non-hydrogen) atoms. The summed E-state index contributed by atoms with van der Waals surface area (Å²) in [7, 11) is 1.56. The normalized spacial score (nSPS) is 18.3. The summed E-state index contributed by atoms with van der Waals surface area (Å²) in [5.74, 6) is 0.424. The molecule has 1 N–H and O–H groups in total. The van der Waals surface area contributed by atoms with E-state index in [-0.39, 0.29) is 11.9 Å². The lowest BCUT2D eigenvalue weighted by atomic mass is 9.99. The molecule has 1 aromatic carbocycles. The molecule has 0 spiro atoms. The second-order valence-electron chi connectivity index (χ2n) is 4.98. The highest BCUT2D eigenvalue weighted by Crippen LogP contribution is 2.30. The average Bonchev–Trinajstić information content (AvgIpc) is 2.46. The Bertz CT molecular complexity index is 405. The van der Waals surface area contributed by atoms with E-state index >= 15 is 0 Å². The lowest BCUT2D eigenvalue weighted by molar-refractivity contribution is 0.161. The molecule has 3 nitrogen and oxygen atoms in total. The van der Waals surface area contributed by atoms with Crippen molar-refractivity contribution in [2.75, 3.05) is 33.3 Å². The van der Waals surface area contributed by atoms with Gasteiger partial charge < -0.3 is 10.1 Å². The molecule has 1 heterocycles. The molecule has 0 aromatic heterocycles. The second kappa shape index (κ2) is 6.87. The van der Waals surface area contributed by atoms with E-state index in [2.05, 4.69) is 17.1 Å². The van der Waals surface area contributed by atoms with Gasteiger partial charge in [0, 0.05) is 43.9 Å². The number of halogens is 1. The van der Waals surface area contributed by atoms with Crippen LogP contribution in [0.1, 0.15) is 31.4 Å². The summed E-state index contributed by atoms with van der Waals surface area (Å²) >= 11 is 0. The first-order valence-electron chi connectivity index (χ1n) is 7.04. The first-order chi connectivity index (χ1) is 9.26. The summed E-state index contributed by atoms with van der Waals surface area (Å²) in [6, 6.07) is 5.39. The van der Waals surface area contributed by atoms with Crippen LogP contribution in [0.5, 0.6) is 5.75 Å². The van der Waals surface area contributed by atoms with Crippen molar-refractivity contribution in [1.82, 2.24) is 10.2 Å². The Morgan fingerprint density at radius 2 is 2.11 bits per heavy atom. The van der Waals surface area contributed by atoms with Crippen LogP contribution in [-0.4, -0.2) is 38.2 Å². The van der Waals surface area contributed by atoms with Crippen molar-refractivity contribution in [1.29, 1.82) is 0 Å². The zero-order chi connectivity index (χ0) is 13.7. The Morgan fingerprint density at radius 3 is 2.68 bits per heavy atom. The molecular formula is C15H23FN2O. The maximum Gasteiger partial charge on any atom is 0.131 e. The fourth-order valence-corrected chi connectivity index (χ4v) is 2.71. The number of methoxy groups -OCH3 is 1. The van der Waals surface area contributed by atoms with Gasteiger partial charge in [-0.3, -0.25) is 4.90 Å². The number of hydrogen-bond donors (Lipinski definition) is 1. The Kier molecular flexibility index (Phi) is 5.16. The highest BCUT2D eigenvalue weighted by molar-refractivity contribution is 5.31. The molecule has 0 saturated carbocycles. The Hall–Kier alpha value is -1.13. The lowest BCUT2D eigenvalue weighted by Crippen LogP contribution is -2.45. The summed E-state index contributed by atoms with van der Waals surface area (Å²) in [6.45, 7) is 6.08. The van der Waals surface area contributed by atoms with Crippen molar-refractivity contribution < 1.29 is 9.13 Å². The zero-order valence-electron chi connectivity index (χ0n) is 11.8. The monoisotopic (exact) mass is 266 g/mol. The van der Waals surface area contributed by atoms with E-state index in [1.165, 1.54) is 6.07 Å². The molecule has 0 unspecified atom stereocenters. The Balaban J connectivity index is 2.22. The van der Waals surface area contributed by atoms with E-state index in [1.807, 2.05) is 12.1 Å². The van der Waals surface area contributed by atoms with E-state index in [1.54, 1.807) is 7.11 Å². The highest BCUT2D eigenvalue weighted by Gasteiger charge is 2.23. The van der Waals surface area contributed by atoms with E-state index in [4.69, 9.17) is 4.74 Å². The average molecular weight is 266 g/mol. The number of hydrogen-bond acceptors (Lipinski definition) is 3. The number of benzene rings is 1. The molecule has 1 atom stereocenters. The van der Waals surface area contributed by atoms with E-state index in [0.29, 0.717) is 5.75 Å². The molecule has 1 aliphatic rings. The Morgan fingerprint density at radius 1 is 1.37 bits per heavy atom. The van der Waals surface area contributed by atoms with Crippen LogP contribution in [0.4, 0.5) is 4.39 Å². The summed E-state index contributed by atoms with van der Waals surface area (Å²) in [5.41, 5.74) is 0.796. The third-order valence-corrected chi connectivity index (χ3v) is 3.72. The number of nitrogens with one attached hydrogen (secondary N) is 1. The molecule has 4 heteroatoms. The van der Waals surface area contributed by atoms with Crippen molar-refractivity contribution in [3.63, 3.8) is 0 Å². The van der Waals surface area contributed by atoms with Crippen molar-refractivity contribution in [2.24, 2.45) is 0 Å². The van der Waals surface area contributed by atoms with Gasteiger partial charge in [-0.1, -0.05) is 19.4 Å². The van der Waals surface area contributed by atoms with Crippen LogP contribution in [-0.2, 0) is 0 Å². The molecular weight excluding hydrogens is 243 g/mol. The van der Waals surface area contributed by atoms with Gasteiger partial charge in [-0.2, -0.15) is 0 Å². The fraction of sp³-hybridized carbons (Fsp3) is 0.600. The topological polar surface area (TPSA) is 24.5 Å². The minimum Gasteiger partial charge on any atom is -0.497 e. The summed E-state index contributed by atoms with van der Waals surface area (Å²) in [6.07, 6.45) is 2.04. The van der Waals surface area contributed by atoms with Crippen LogP contribution in [0.15, 0.2) is 18.2 Å². The zero-order valence-corrected chi connectivity index (χ0v) is 11.8. The summed E-state index contributed by atoms with van der Waals surface area (Å²) in [5, 5.41) is 3.34.